The number of esters is 2. The summed E-state index contributed by atoms with van der Waals surface area (Å²) in [7, 11) is 3.85. The summed E-state index contributed by atoms with van der Waals surface area (Å²) in [6.45, 7) is -0.0732. The van der Waals surface area contributed by atoms with Crippen molar-refractivity contribution >= 4 is 41.1 Å². The molecule has 43 heavy (non-hydrogen) atoms. The number of anilines is 1. The highest BCUT2D eigenvalue weighted by molar-refractivity contribution is 6.30. The number of ketones is 1. The van der Waals surface area contributed by atoms with E-state index >= 15 is 0 Å². The molecular formula is C32H28ClN3O7. The quantitative estimate of drug-likeness (QED) is 0.147. The zero-order chi connectivity index (χ0) is 30.7. The number of carbonyl (C=O) groups is 4. The molecule has 220 valence electrons. The summed E-state index contributed by atoms with van der Waals surface area (Å²) >= 11 is 6.00. The van der Waals surface area contributed by atoms with Crippen molar-refractivity contribution < 1.29 is 33.4 Å². The van der Waals surface area contributed by atoms with Gasteiger partial charge in [-0.15, -0.1) is 0 Å². The van der Waals surface area contributed by atoms with Gasteiger partial charge in [-0.2, -0.15) is 5.10 Å². The number of halogens is 1. The fraction of sp³-hybridized carbons (Fsp3) is 0.219. The van der Waals surface area contributed by atoms with Gasteiger partial charge < -0.3 is 14.2 Å². The number of methoxy groups -OCH3 is 2. The van der Waals surface area contributed by atoms with Crippen molar-refractivity contribution in [2.45, 2.75) is 18.4 Å². The lowest BCUT2D eigenvalue weighted by Crippen LogP contribution is -2.48. The Morgan fingerprint density at radius 1 is 0.907 bits per heavy atom. The number of benzene rings is 3. The largest absolute Gasteiger partial charge is 0.469 e. The number of rotatable bonds is 9. The van der Waals surface area contributed by atoms with Gasteiger partial charge in [-0.1, -0.05) is 60.1 Å². The highest BCUT2D eigenvalue weighted by Gasteiger charge is 2.40. The zero-order valence-corrected chi connectivity index (χ0v) is 24.4. The highest BCUT2D eigenvalue weighted by Crippen LogP contribution is 2.44. The van der Waals surface area contributed by atoms with E-state index in [9.17, 15) is 19.2 Å². The average Bonchev–Trinajstić information content (AvgIpc) is 3.56. The van der Waals surface area contributed by atoms with Crippen LogP contribution in [0.15, 0.2) is 79.0 Å². The number of ether oxygens (including phenoxy) is 3. The Labute approximate surface area is 252 Å². The molecule has 0 unspecified atom stereocenters. The van der Waals surface area contributed by atoms with Crippen LogP contribution in [0.3, 0.4) is 0 Å². The Bertz CT molecular complexity index is 1650. The Morgan fingerprint density at radius 2 is 1.51 bits per heavy atom. The van der Waals surface area contributed by atoms with Crippen molar-refractivity contribution in [2.24, 2.45) is 7.05 Å². The Morgan fingerprint density at radius 3 is 2.09 bits per heavy atom. The molecule has 1 aliphatic carbocycles. The predicted octanol–water partition coefficient (Wildman–Crippen LogP) is 5.16. The minimum Gasteiger partial charge on any atom is -0.469 e. The molecular weight excluding hydrogens is 574 g/mol. The fourth-order valence-electron chi connectivity index (χ4n) is 5.27. The molecule has 0 N–H and O–H groups in total. The minimum absolute atomic E-state index is 0.0426. The van der Waals surface area contributed by atoms with Gasteiger partial charge in [0.1, 0.15) is 12.6 Å². The lowest BCUT2D eigenvalue weighted by molar-refractivity contribution is -0.148. The molecule has 0 aliphatic heterocycles. The Balaban J connectivity index is 1.54. The first kappa shape index (κ1) is 29.5. The number of hydrogen-bond acceptors (Lipinski definition) is 8. The molecule has 11 heteroatoms. The molecule has 10 nitrogen and oxygen atoms in total. The van der Waals surface area contributed by atoms with Crippen molar-refractivity contribution in [1.82, 2.24) is 9.78 Å². The lowest BCUT2D eigenvalue weighted by atomic mass is 9.98. The summed E-state index contributed by atoms with van der Waals surface area (Å²) < 4.78 is 17.0. The third-order valence-corrected chi connectivity index (χ3v) is 7.55. The first-order chi connectivity index (χ1) is 20.7. The van der Waals surface area contributed by atoms with Crippen LogP contribution < -0.4 is 4.90 Å². The number of aromatic nitrogens is 2. The number of amides is 1. The van der Waals surface area contributed by atoms with Crippen molar-refractivity contribution in [3.63, 3.8) is 0 Å². The van der Waals surface area contributed by atoms with Crippen LogP contribution in [0.5, 0.6) is 0 Å². The molecule has 0 saturated heterocycles. The molecule has 1 atom stereocenters. The summed E-state index contributed by atoms with van der Waals surface area (Å²) in [5.41, 5.74) is 4.12. The number of fused-ring (bicyclic) bond motifs is 3. The molecule has 4 aromatic rings. The van der Waals surface area contributed by atoms with Crippen molar-refractivity contribution in [3.05, 3.63) is 106 Å². The topological polar surface area (TPSA) is 117 Å². The van der Waals surface area contributed by atoms with Crippen LogP contribution in [0.1, 0.15) is 39.5 Å². The van der Waals surface area contributed by atoms with Crippen LogP contribution >= 0.6 is 11.6 Å². The van der Waals surface area contributed by atoms with E-state index in [4.69, 9.17) is 25.8 Å². The predicted molar refractivity (Wildman–Crippen MR) is 158 cm³/mol. The van der Waals surface area contributed by atoms with Gasteiger partial charge >= 0.3 is 18.0 Å². The SMILES string of the molecule is COC(=O)C[C@@H](C(=O)OC)N(C(=O)OCC1c2ccccc2-c2ccccc21)c1cn(C)nc1C(=O)c1ccc(Cl)cc1. The average molecular weight is 602 g/mol. The molecule has 0 bridgehead atoms. The minimum atomic E-state index is -1.52. The molecule has 1 heterocycles. The van der Waals surface area contributed by atoms with E-state index in [1.165, 1.54) is 23.0 Å². The summed E-state index contributed by atoms with van der Waals surface area (Å²) in [6.07, 6.45) is -0.131. The van der Waals surface area contributed by atoms with E-state index in [-0.39, 0.29) is 29.5 Å². The number of nitrogens with zero attached hydrogens (tertiary/aromatic N) is 3. The first-order valence-electron chi connectivity index (χ1n) is 13.4. The second kappa shape index (κ2) is 12.5. The summed E-state index contributed by atoms with van der Waals surface area (Å²) in [4.78, 5) is 54.0. The van der Waals surface area contributed by atoms with Crippen molar-refractivity contribution in [1.29, 1.82) is 0 Å². The van der Waals surface area contributed by atoms with E-state index in [1.807, 2.05) is 48.5 Å². The van der Waals surface area contributed by atoms with Crippen LogP contribution in [-0.2, 0) is 30.8 Å². The third kappa shape index (κ3) is 5.87. The molecule has 1 amide bonds. The highest BCUT2D eigenvalue weighted by atomic mass is 35.5. The number of aryl methyl sites for hydroxylation is 1. The van der Waals surface area contributed by atoms with Gasteiger partial charge in [0.25, 0.3) is 0 Å². The summed E-state index contributed by atoms with van der Waals surface area (Å²) in [6, 6.07) is 20.3. The molecule has 0 radical (unpaired) electrons. The molecule has 1 aromatic heterocycles. The monoisotopic (exact) mass is 601 g/mol. The van der Waals surface area contributed by atoms with E-state index in [2.05, 4.69) is 5.10 Å². The molecule has 0 spiro atoms. The van der Waals surface area contributed by atoms with Crippen LogP contribution in [0.4, 0.5) is 10.5 Å². The Hall–Kier alpha value is -4.96. The van der Waals surface area contributed by atoms with E-state index < -0.39 is 36.3 Å². The summed E-state index contributed by atoms with van der Waals surface area (Å²) in [5, 5.41) is 4.73. The van der Waals surface area contributed by atoms with Crippen LogP contribution in [0, 0.1) is 0 Å². The van der Waals surface area contributed by atoms with Crippen LogP contribution in [0.25, 0.3) is 11.1 Å². The second-order valence-corrected chi connectivity index (χ2v) is 10.3. The lowest BCUT2D eigenvalue weighted by Gasteiger charge is -2.28. The first-order valence-corrected chi connectivity index (χ1v) is 13.7. The van der Waals surface area contributed by atoms with Crippen LogP contribution in [0.2, 0.25) is 5.02 Å². The van der Waals surface area contributed by atoms with E-state index in [1.54, 1.807) is 19.2 Å². The van der Waals surface area contributed by atoms with Gasteiger partial charge in [-0.25, -0.2) is 9.59 Å². The van der Waals surface area contributed by atoms with Gasteiger partial charge in [0.2, 0.25) is 5.78 Å². The van der Waals surface area contributed by atoms with Gasteiger partial charge in [0.05, 0.1) is 26.3 Å². The Kier molecular flexibility index (Phi) is 8.58. The van der Waals surface area contributed by atoms with Gasteiger partial charge in [0.15, 0.2) is 5.69 Å². The van der Waals surface area contributed by atoms with Crippen molar-refractivity contribution in [2.75, 3.05) is 25.7 Å². The van der Waals surface area contributed by atoms with Gasteiger partial charge in [-0.3, -0.25) is 19.2 Å². The smallest absolute Gasteiger partial charge is 0.415 e. The van der Waals surface area contributed by atoms with Crippen LogP contribution in [-0.4, -0.2) is 60.5 Å². The molecule has 3 aromatic carbocycles. The van der Waals surface area contributed by atoms with E-state index in [0.29, 0.717) is 5.02 Å². The third-order valence-electron chi connectivity index (χ3n) is 7.30. The number of carbonyl (C=O) groups excluding carboxylic acids is 4. The molecule has 0 fully saturated rings. The molecule has 0 saturated carbocycles. The normalized spacial score (nSPS) is 12.6. The van der Waals surface area contributed by atoms with Gasteiger partial charge in [0, 0.05) is 29.7 Å². The van der Waals surface area contributed by atoms with Crippen molar-refractivity contribution in [3.8, 4) is 11.1 Å². The summed E-state index contributed by atoms with van der Waals surface area (Å²) in [5.74, 6) is -2.50. The molecule has 1 aliphatic rings. The second-order valence-electron chi connectivity index (χ2n) is 9.87. The number of hydrogen-bond donors (Lipinski definition) is 0. The fourth-order valence-corrected chi connectivity index (χ4v) is 5.39. The maximum atomic E-state index is 14.0. The van der Waals surface area contributed by atoms with E-state index in [0.717, 1.165) is 41.4 Å². The maximum absolute atomic E-state index is 14.0. The zero-order valence-electron chi connectivity index (χ0n) is 23.7. The maximum Gasteiger partial charge on any atom is 0.415 e. The standard InChI is InChI=1S/C32H28ClN3O7/c1-35-17-27(29(34-35)30(38)19-12-14-20(33)15-13-19)36(26(31(39)42-3)16-28(37)41-2)32(40)43-18-25-23-10-6-4-8-21(23)22-9-5-7-11-24(22)25/h4-15,17,25-26H,16,18H2,1-3H3/t26-/m0/s1. The molecule has 5 rings (SSSR count). The van der Waals surface area contributed by atoms with Gasteiger partial charge in [-0.05, 0) is 46.5 Å².